The average molecular weight is 150 g/mol. The van der Waals surface area contributed by atoms with Gasteiger partial charge in [0.15, 0.2) is 0 Å². The van der Waals surface area contributed by atoms with Gasteiger partial charge >= 0.3 is 0 Å². The largest absolute Gasteiger partial charge is 0.103 e. The summed E-state index contributed by atoms with van der Waals surface area (Å²) in [5.74, 6) is 7.26. The molecule has 0 aromatic rings. The zero-order valence-electron chi connectivity index (χ0n) is 7.69. The second-order valence-corrected chi connectivity index (χ2v) is 3.02. The zero-order chi connectivity index (χ0) is 8.69. The normalized spacial score (nSPS) is 12.5. The molecule has 0 bridgehead atoms. The third-order valence-corrected chi connectivity index (χ3v) is 1.61. The van der Waals surface area contributed by atoms with Gasteiger partial charge in [-0.05, 0) is 25.7 Å². The van der Waals surface area contributed by atoms with Crippen LogP contribution in [0.5, 0.6) is 0 Å². The van der Waals surface area contributed by atoms with Crippen LogP contribution in [-0.4, -0.2) is 0 Å². The lowest BCUT2D eigenvalue weighted by Gasteiger charge is -2.09. The van der Waals surface area contributed by atoms with Gasteiger partial charge in [-0.2, -0.15) is 0 Å². The molecule has 62 valence electrons. The third-order valence-electron chi connectivity index (χ3n) is 1.61. The molecule has 0 aromatic heterocycles. The highest BCUT2D eigenvalue weighted by molar-refractivity contribution is 5.04. The maximum absolute atomic E-state index is 3.95. The zero-order valence-corrected chi connectivity index (χ0v) is 7.69. The Morgan fingerprint density at radius 1 is 1.45 bits per heavy atom. The molecule has 0 aromatic carbocycles. The van der Waals surface area contributed by atoms with Crippen LogP contribution in [0.15, 0.2) is 0 Å². The van der Waals surface area contributed by atoms with Gasteiger partial charge in [0.05, 0.1) is 0 Å². The van der Waals surface area contributed by atoms with Crippen molar-refractivity contribution in [2.75, 3.05) is 0 Å². The van der Waals surface area contributed by atoms with Crippen LogP contribution in [0, 0.1) is 37.5 Å². The maximum atomic E-state index is 3.95. The van der Waals surface area contributed by atoms with E-state index >= 15 is 0 Å². The number of rotatable bonds is 3. The SMILES string of the molecule is [CH2]CC#CC(CC)CC([CH2])C. The highest BCUT2D eigenvalue weighted by atomic mass is 14.1. The summed E-state index contributed by atoms with van der Waals surface area (Å²) in [5, 5.41) is 0. The van der Waals surface area contributed by atoms with Crippen molar-refractivity contribution in [1.82, 2.24) is 0 Å². The molecule has 0 aliphatic carbocycles. The van der Waals surface area contributed by atoms with Crippen molar-refractivity contribution in [2.24, 2.45) is 11.8 Å². The Morgan fingerprint density at radius 3 is 2.45 bits per heavy atom. The van der Waals surface area contributed by atoms with Gasteiger partial charge in [0.1, 0.15) is 0 Å². The second kappa shape index (κ2) is 6.28. The summed E-state index contributed by atoms with van der Waals surface area (Å²) in [6, 6.07) is 0. The summed E-state index contributed by atoms with van der Waals surface area (Å²) in [6.07, 6.45) is 2.97. The van der Waals surface area contributed by atoms with E-state index in [0.717, 1.165) is 19.3 Å². The van der Waals surface area contributed by atoms with Crippen molar-refractivity contribution in [3.63, 3.8) is 0 Å². The van der Waals surface area contributed by atoms with Crippen LogP contribution in [0.2, 0.25) is 0 Å². The molecule has 2 unspecified atom stereocenters. The van der Waals surface area contributed by atoms with Gasteiger partial charge in [0.25, 0.3) is 0 Å². The Bertz CT molecular complexity index is 134. The fourth-order valence-corrected chi connectivity index (χ4v) is 1.03. The minimum absolute atomic E-state index is 0.513. The van der Waals surface area contributed by atoms with Gasteiger partial charge in [-0.3, -0.25) is 0 Å². The fourth-order valence-electron chi connectivity index (χ4n) is 1.03. The fraction of sp³-hybridized carbons (Fsp3) is 0.636. The minimum Gasteiger partial charge on any atom is -0.103 e. The average Bonchev–Trinajstić information content (AvgIpc) is 1.97. The summed E-state index contributed by atoms with van der Waals surface area (Å²) >= 11 is 0. The Balaban J connectivity index is 3.76. The van der Waals surface area contributed by atoms with Crippen molar-refractivity contribution in [2.45, 2.75) is 33.1 Å². The van der Waals surface area contributed by atoms with E-state index in [1.165, 1.54) is 0 Å². The van der Waals surface area contributed by atoms with E-state index in [4.69, 9.17) is 0 Å². The molecule has 0 spiro atoms. The Morgan fingerprint density at radius 2 is 2.09 bits per heavy atom. The molecule has 2 atom stereocenters. The van der Waals surface area contributed by atoms with E-state index in [1.807, 2.05) is 0 Å². The van der Waals surface area contributed by atoms with E-state index in [1.54, 1.807) is 0 Å². The van der Waals surface area contributed by atoms with E-state index in [2.05, 4.69) is 39.5 Å². The van der Waals surface area contributed by atoms with Crippen LogP contribution >= 0.6 is 0 Å². The quantitative estimate of drug-likeness (QED) is 0.542. The highest BCUT2D eigenvalue weighted by Gasteiger charge is 2.03. The lowest BCUT2D eigenvalue weighted by Crippen LogP contribution is -2.00. The first-order valence-corrected chi connectivity index (χ1v) is 4.31. The minimum atomic E-state index is 0.513. The van der Waals surface area contributed by atoms with Crippen LogP contribution in [-0.2, 0) is 0 Å². The van der Waals surface area contributed by atoms with Crippen LogP contribution in [0.25, 0.3) is 0 Å². The molecule has 0 aliphatic heterocycles. The predicted octanol–water partition coefficient (Wildman–Crippen LogP) is 3.10. The summed E-state index contributed by atoms with van der Waals surface area (Å²) < 4.78 is 0. The molecule has 0 heterocycles. The first kappa shape index (κ1) is 10.6. The van der Waals surface area contributed by atoms with Gasteiger partial charge < -0.3 is 0 Å². The van der Waals surface area contributed by atoms with Crippen molar-refractivity contribution in [1.29, 1.82) is 0 Å². The topological polar surface area (TPSA) is 0 Å². The van der Waals surface area contributed by atoms with Gasteiger partial charge in [-0.1, -0.05) is 26.7 Å². The number of hydrogen-bond donors (Lipinski definition) is 0. The molecule has 0 heteroatoms. The summed E-state index contributed by atoms with van der Waals surface area (Å²) in [5.41, 5.74) is 0. The molecule has 0 nitrogen and oxygen atoms in total. The first-order valence-electron chi connectivity index (χ1n) is 4.31. The molecule has 0 amide bonds. The van der Waals surface area contributed by atoms with Crippen molar-refractivity contribution in [3.05, 3.63) is 13.8 Å². The first-order chi connectivity index (χ1) is 5.20. The van der Waals surface area contributed by atoms with Crippen molar-refractivity contribution >= 4 is 0 Å². The third kappa shape index (κ3) is 5.98. The Labute approximate surface area is 71.4 Å². The molecule has 0 rings (SSSR count). The maximum Gasteiger partial charge on any atom is 0.0202 e. The van der Waals surface area contributed by atoms with E-state index in [-0.39, 0.29) is 0 Å². The molecular formula is C11H18. The number of hydrogen-bond acceptors (Lipinski definition) is 0. The van der Waals surface area contributed by atoms with E-state index in [0.29, 0.717) is 11.8 Å². The molecule has 0 saturated carbocycles. The lowest BCUT2D eigenvalue weighted by atomic mass is 9.95. The molecular weight excluding hydrogens is 132 g/mol. The van der Waals surface area contributed by atoms with Crippen LogP contribution in [0.4, 0.5) is 0 Å². The van der Waals surface area contributed by atoms with E-state index in [9.17, 15) is 0 Å². The van der Waals surface area contributed by atoms with Gasteiger partial charge in [0, 0.05) is 12.3 Å². The van der Waals surface area contributed by atoms with Crippen molar-refractivity contribution in [3.8, 4) is 11.8 Å². The standard InChI is InChI=1S/C11H18/c1-5-7-8-11(6-2)9-10(3)4/h10-11H,1,3,5-6,9H2,2,4H3. The predicted molar refractivity (Wildman–Crippen MR) is 50.7 cm³/mol. The van der Waals surface area contributed by atoms with Crippen LogP contribution in [0.1, 0.15) is 33.1 Å². The lowest BCUT2D eigenvalue weighted by molar-refractivity contribution is 0.508. The Hall–Kier alpha value is -0.440. The van der Waals surface area contributed by atoms with Gasteiger partial charge in [-0.15, -0.1) is 5.92 Å². The van der Waals surface area contributed by atoms with Crippen LogP contribution < -0.4 is 0 Å². The monoisotopic (exact) mass is 150 g/mol. The summed E-state index contributed by atoms with van der Waals surface area (Å²) in [4.78, 5) is 0. The van der Waals surface area contributed by atoms with Gasteiger partial charge in [-0.25, -0.2) is 0 Å². The molecule has 0 aliphatic rings. The second-order valence-electron chi connectivity index (χ2n) is 3.02. The summed E-state index contributed by atoms with van der Waals surface area (Å²) in [7, 11) is 0. The van der Waals surface area contributed by atoms with Crippen molar-refractivity contribution < 1.29 is 0 Å². The highest BCUT2D eigenvalue weighted by Crippen LogP contribution is 2.13. The molecule has 2 radical (unpaired) electrons. The Kier molecular flexibility index (Phi) is 6.03. The summed E-state index contributed by atoms with van der Waals surface area (Å²) in [6.45, 7) is 11.9. The molecule has 11 heavy (non-hydrogen) atoms. The van der Waals surface area contributed by atoms with Crippen LogP contribution in [0.3, 0.4) is 0 Å². The molecule has 0 saturated heterocycles. The van der Waals surface area contributed by atoms with Gasteiger partial charge in [0.2, 0.25) is 0 Å². The van der Waals surface area contributed by atoms with E-state index < -0.39 is 0 Å². The smallest absolute Gasteiger partial charge is 0.0202 e. The molecule has 0 fully saturated rings. The molecule has 0 N–H and O–H groups in total.